The molecular formula is C15H22BrFN2. The second-order valence-electron chi connectivity index (χ2n) is 5.52. The number of piperidine rings is 1. The molecule has 2 nitrogen and oxygen atoms in total. The Bertz CT molecular complexity index is 438. The highest BCUT2D eigenvalue weighted by Crippen LogP contribution is 2.32. The van der Waals surface area contributed by atoms with Crippen LogP contribution in [-0.4, -0.2) is 24.0 Å². The van der Waals surface area contributed by atoms with Crippen molar-refractivity contribution in [3.8, 4) is 0 Å². The lowest BCUT2D eigenvalue weighted by atomic mass is 9.89. The number of nitrogens with zero attached hydrogens (tertiary/aromatic N) is 1. The normalized spacial score (nSPS) is 26.4. The minimum Gasteiger partial charge on any atom is -0.329 e. The van der Waals surface area contributed by atoms with E-state index in [1.54, 1.807) is 12.1 Å². The van der Waals surface area contributed by atoms with E-state index >= 15 is 0 Å². The van der Waals surface area contributed by atoms with Gasteiger partial charge in [-0.15, -0.1) is 0 Å². The second-order valence-corrected chi connectivity index (χ2v) is 6.38. The summed E-state index contributed by atoms with van der Waals surface area (Å²) in [6, 6.07) is 5.95. The van der Waals surface area contributed by atoms with Crippen LogP contribution in [0.4, 0.5) is 4.39 Å². The largest absolute Gasteiger partial charge is 0.329 e. The van der Waals surface area contributed by atoms with Gasteiger partial charge in [0.05, 0.1) is 4.47 Å². The molecule has 2 rings (SSSR count). The fourth-order valence-electron chi connectivity index (χ4n) is 2.99. The fraction of sp³-hybridized carbons (Fsp3) is 0.600. The van der Waals surface area contributed by atoms with Gasteiger partial charge in [0.15, 0.2) is 0 Å². The lowest BCUT2D eigenvalue weighted by molar-refractivity contribution is 0.0708. The van der Waals surface area contributed by atoms with Crippen LogP contribution in [0, 0.1) is 11.7 Å². The smallest absolute Gasteiger partial charge is 0.137 e. The Morgan fingerprint density at radius 3 is 2.84 bits per heavy atom. The van der Waals surface area contributed by atoms with Crippen molar-refractivity contribution < 1.29 is 4.39 Å². The van der Waals surface area contributed by atoms with Crippen molar-refractivity contribution in [1.82, 2.24) is 4.90 Å². The molecule has 106 valence electrons. The van der Waals surface area contributed by atoms with Crippen molar-refractivity contribution >= 4 is 15.9 Å². The van der Waals surface area contributed by atoms with Crippen LogP contribution in [0.5, 0.6) is 0 Å². The SMILES string of the molecule is CC1CCCN(C(CN)c2ccc(Br)c(F)c2)C1C. The zero-order valence-corrected chi connectivity index (χ0v) is 13.2. The van der Waals surface area contributed by atoms with Gasteiger partial charge in [-0.1, -0.05) is 13.0 Å². The predicted molar refractivity (Wildman–Crippen MR) is 80.5 cm³/mol. The third-order valence-corrected chi connectivity index (χ3v) is 5.02. The first-order chi connectivity index (χ1) is 9.04. The quantitative estimate of drug-likeness (QED) is 0.916. The van der Waals surface area contributed by atoms with Gasteiger partial charge in [0.25, 0.3) is 0 Å². The maximum absolute atomic E-state index is 13.7. The Labute approximate surface area is 123 Å². The second kappa shape index (κ2) is 6.33. The van der Waals surface area contributed by atoms with Gasteiger partial charge in [-0.25, -0.2) is 4.39 Å². The molecule has 0 aromatic heterocycles. The number of hydrogen-bond donors (Lipinski definition) is 1. The first kappa shape index (κ1) is 14.9. The van der Waals surface area contributed by atoms with Gasteiger partial charge >= 0.3 is 0 Å². The molecule has 1 aliphatic rings. The van der Waals surface area contributed by atoms with Crippen LogP contribution in [0.3, 0.4) is 0 Å². The van der Waals surface area contributed by atoms with E-state index in [-0.39, 0.29) is 11.9 Å². The van der Waals surface area contributed by atoms with Gasteiger partial charge in [-0.2, -0.15) is 0 Å². The Morgan fingerprint density at radius 1 is 1.47 bits per heavy atom. The van der Waals surface area contributed by atoms with E-state index in [1.165, 1.54) is 12.8 Å². The van der Waals surface area contributed by atoms with Crippen molar-refractivity contribution in [3.63, 3.8) is 0 Å². The van der Waals surface area contributed by atoms with Crippen molar-refractivity contribution in [1.29, 1.82) is 0 Å². The van der Waals surface area contributed by atoms with Crippen LogP contribution in [0.15, 0.2) is 22.7 Å². The molecule has 3 atom stereocenters. The van der Waals surface area contributed by atoms with Gasteiger partial charge in [-0.05, 0) is 65.9 Å². The van der Waals surface area contributed by atoms with Gasteiger partial charge in [0.1, 0.15) is 5.82 Å². The van der Waals surface area contributed by atoms with E-state index in [0.29, 0.717) is 23.0 Å². The summed E-state index contributed by atoms with van der Waals surface area (Å²) in [5.41, 5.74) is 6.93. The fourth-order valence-corrected chi connectivity index (χ4v) is 3.24. The molecule has 0 saturated carbocycles. The highest BCUT2D eigenvalue weighted by molar-refractivity contribution is 9.10. The molecule has 1 aliphatic heterocycles. The zero-order valence-electron chi connectivity index (χ0n) is 11.6. The predicted octanol–water partition coefficient (Wildman–Crippen LogP) is 3.71. The van der Waals surface area contributed by atoms with Crippen LogP contribution in [-0.2, 0) is 0 Å². The number of nitrogens with two attached hydrogens (primary N) is 1. The number of halogens is 2. The molecule has 1 heterocycles. The minimum absolute atomic E-state index is 0.111. The monoisotopic (exact) mass is 328 g/mol. The molecule has 0 spiro atoms. The van der Waals surface area contributed by atoms with E-state index in [9.17, 15) is 4.39 Å². The molecule has 1 saturated heterocycles. The van der Waals surface area contributed by atoms with E-state index in [2.05, 4.69) is 34.7 Å². The first-order valence-electron chi connectivity index (χ1n) is 6.95. The van der Waals surface area contributed by atoms with E-state index < -0.39 is 0 Å². The summed E-state index contributed by atoms with van der Waals surface area (Å²) in [5, 5.41) is 0. The molecule has 1 fully saturated rings. The van der Waals surface area contributed by atoms with Crippen molar-refractivity contribution in [2.24, 2.45) is 11.7 Å². The number of likely N-dealkylation sites (tertiary alicyclic amines) is 1. The number of rotatable bonds is 3. The van der Waals surface area contributed by atoms with E-state index in [1.807, 2.05) is 6.07 Å². The molecule has 1 aromatic rings. The summed E-state index contributed by atoms with van der Waals surface area (Å²) in [5.74, 6) is 0.455. The van der Waals surface area contributed by atoms with Gasteiger partial charge in [-0.3, -0.25) is 4.90 Å². The zero-order chi connectivity index (χ0) is 14.0. The highest BCUT2D eigenvalue weighted by atomic mass is 79.9. The molecule has 0 amide bonds. The van der Waals surface area contributed by atoms with Crippen molar-refractivity contribution in [2.75, 3.05) is 13.1 Å². The van der Waals surface area contributed by atoms with Crippen LogP contribution >= 0.6 is 15.9 Å². The first-order valence-corrected chi connectivity index (χ1v) is 7.74. The summed E-state index contributed by atoms with van der Waals surface area (Å²) in [6.45, 7) is 6.11. The molecule has 0 bridgehead atoms. The topological polar surface area (TPSA) is 29.3 Å². The molecule has 2 N–H and O–H groups in total. The minimum atomic E-state index is -0.214. The summed E-state index contributed by atoms with van der Waals surface area (Å²) in [6.07, 6.45) is 2.46. The number of benzene rings is 1. The average molecular weight is 329 g/mol. The standard InChI is InChI=1S/C15H22BrFN2/c1-10-4-3-7-19(11(10)2)15(9-18)12-5-6-13(16)14(17)8-12/h5-6,8,10-11,15H,3-4,7,9,18H2,1-2H3. The number of hydrogen-bond acceptors (Lipinski definition) is 2. The molecule has 19 heavy (non-hydrogen) atoms. The van der Waals surface area contributed by atoms with E-state index in [0.717, 1.165) is 12.1 Å². The van der Waals surface area contributed by atoms with Crippen LogP contribution in [0.2, 0.25) is 0 Å². The summed E-state index contributed by atoms with van der Waals surface area (Å²) in [4.78, 5) is 2.43. The highest BCUT2D eigenvalue weighted by Gasteiger charge is 2.30. The lowest BCUT2D eigenvalue weighted by Gasteiger charge is -2.42. The van der Waals surface area contributed by atoms with E-state index in [4.69, 9.17) is 5.73 Å². The third kappa shape index (κ3) is 3.18. The average Bonchev–Trinajstić information content (AvgIpc) is 2.39. The maximum Gasteiger partial charge on any atom is 0.137 e. The van der Waals surface area contributed by atoms with Gasteiger partial charge in [0.2, 0.25) is 0 Å². The molecule has 1 aromatic carbocycles. The van der Waals surface area contributed by atoms with Crippen LogP contribution < -0.4 is 5.73 Å². The molecular weight excluding hydrogens is 307 g/mol. The van der Waals surface area contributed by atoms with Gasteiger partial charge in [0, 0.05) is 18.6 Å². The lowest BCUT2D eigenvalue weighted by Crippen LogP contribution is -2.46. The van der Waals surface area contributed by atoms with Gasteiger partial charge < -0.3 is 5.73 Å². The molecule has 0 radical (unpaired) electrons. The Morgan fingerprint density at radius 2 is 2.21 bits per heavy atom. The van der Waals surface area contributed by atoms with Crippen molar-refractivity contribution in [2.45, 2.75) is 38.8 Å². The Hall–Kier alpha value is -0.450. The molecule has 4 heteroatoms. The third-order valence-electron chi connectivity index (χ3n) is 4.37. The summed E-state index contributed by atoms with van der Waals surface area (Å²) >= 11 is 3.20. The van der Waals surface area contributed by atoms with Crippen LogP contribution in [0.1, 0.15) is 38.3 Å². The van der Waals surface area contributed by atoms with Crippen molar-refractivity contribution in [3.05, 3.63) is 34.1 Å². The summed E-state index contributed by atoms with van der Waals surface area (Å²) < 4.78 is 14.2. The Balaban J connectivity index is 2.25. The summed E-state index contributed by atoms with van der Waals surface area (Å²) in [7, 11) is 0. The molecule has 0 aliphatic carbocycles. The maximum atomic E-state index is 13.7. The molecule has 3 unspecified atom stereocenters. The Kier molecular flexibility index (Phi) is 4.98. The van der Waals surface area contributed by atoms with Crippen LogP contribution in [0.25, 0.3) is 0 Å².